The van der Waals surface area contributed by atoms with Crippen molar-refractivity contribution in [1.29, 1.82) is 0 Å². The Bertz CT molecular complexity index is 1120. The number of amidine groups is 1. The minimum absolute atomic E-state index is 0.207. The molecule has 3 heterocycles. The predicted molar refractivity (Wildman–Crippen MR) is 129 cm³/mol. The monoisotopic (exact) mass is 502 g/mol. The number of halogens is 2. The number of hydrogen-bond donors (Lipinski definition) is 2. The number of aliphatic imine (C=N–C) groups is 1. The lowest BCUT2D eigenvalue weighted by Crippen LogP contribution is -2.52. The van der Waals surface area contributed by atoms with Gasteiger partial charge in [-0.1, -0.05) is 29.5 Å². The minimum Gasteiger partial charge on any atom is -0.480 e. The van der Waals surface area contributed by atoms with Crippen molar-refractivity contribution in [3.8, 4) is 11.8 Å². The van der Waals surface area contributed by atoms with E-state index in [4.69, 9.17) is 16.3 Å². The summed E-state index contributed by atoms with van der Waals surface area (Å²) in [5, 5.41) is 16.0. The number of carboxylic acid groups (broad SMARTS) is 1. The standard InChI is InChI=1S/C18H20N4O3S.C6H4ClF/c23-18(24)15-11-25-7-6-22(15)10-14-13(4-3-12-1-2-12)9-20-16(21-14)17-19-5-8-26-17;7-5-2-1-3-6(8)4-5/h5,8,12,15H,1-2,6-7,9-11H2,(H,20,21)(H,23,24);1-4H/t15-;/m0./s1. The van der Waals surface area contributed by atoms with E-state index in [1.165, 1.54) is 36.3 Å². The lowest BCUT2D eigenvalue weighted by atomic mass is 10.1. The highest BCUT2D eigenvalue weighted by atomic mass is 35.5. The second kappa shape index (κ2) is 11.6. The number of ether oxygens (including phenoxy) is 1. The number of carboxylic acids is 1. The molecule has 1 saturated carbocycles. The van der Waals surface area contributed by atoms with Crippen LogP contribution in [0.15, 0.2) is 52.1 Å². The van der Waals surface area contributed by atoms with Crippen LogP contribution in [0, 0.1) is 23.6 Å². The summed E-state index contributed by atoms with van der Waals surface area (Å²) in [5.41, 5.74) is 1.86. The van der Waals surface area contributed by atoms with Gasteiger partial charge in [-0.25, -0.2) is 9.37 Å². The van der Waals surface area contributed by atoms with Crippen LogP contribution in [0.5, 0.6) is 0 Å². The van der Waals surface area contributed by atoms with Gasteiger partial charge in [-0.15, -0.1) is 11.3 Å². The van der Waals surface area contributed by atoms with Crippen molar-refractivity contribution in [3.05, 3.63) is 63.0 Å². The molecule has 1 aromatic carbocycles. The van der Waals surface area contributed by atoms with Crippen LogP contribution in [0.1, 0.15) is 17.8 Å². The number of aromatic nitrogens is 1. The smallest absolute Gasteiger partial charge is 0.323 e. The first-order valence-electron chi connectivity index (χ1n) is 10.9. The number of nitrogens with zero attached hydrogens (tertiary/aromatic N) is 3. The molecular weight excluding hydrogens is 479 g/mol. The topological polar surface area (TPSA) is 87.1 Å². The van der Waals surface area contributed by atoms with Crippen molar-refractivity contribution in [2.24, 2.45) is 10.9 Å². The number of rotatable bonds is 4. The molecule has 0 radical (unpaired) electrons. The van der Waals surface area contributed by atoms with Crippen LogP contribution in [0.3, 0.4) is 0 Å². The van der Waals surface area contributed by atoms with Gasteiger partial charge in [-0.2, -0.15) is 0 Å². The van der Waals surface area contributed by atoms with Gasteiger partial charge < -0.3 is 15.2 Å². The van der Waals surface area contributed by atoms with Gasteiger partial charge in [-0.05, 0) is 31.0 Å². The summed E-state index contributed by atoms with van der Waals surface area (Å²) < 4.78 is 17.4. The molecule has 1 aliphatic carbocycles. The van der Waals surface area contributed by atoms with Crippen LogP contribution in [-0.4, -0.2) is 65.7 Å². The van der Waals surface area contributed by atoms with Crippen LogP contribution >= 0.6 is 22.9 Å². The normalized spacial score (nSPS) is 20.3. The Kier molecular flexibility index (Phi) is 8.29. The van der Waals surface area contributed by atoms with Crippen molar-refractivity contribution >= 4 is 34.7 Å². The first-order chi connectivity index (χ1) is 16.5. The average molecular weight is 503 g/mol. The van der Waals surface area contributed by atoms with E-state index in [0.717, 1.165) is 22.1 Å². The third-order valence-corrected chi connectivity index (χ3v) is 6.36. The molecule has 1 aromatic heterocycles. The summed E-state index contributed by atoms with van der Waals surface area (Å²) in [6, 6.07) is 5.17. The summed E-state index contributed by atoms with van der Waals surface area (Å²) >= 11 is 6.93. The van der Waals surface area contributed by atoms with Crippen molar-refractivity contribution < 1.29 is 19.0 Å². The molecule has 0 amide bonds. The summed E-state index contributed by atoms with van der Waals surface area (Å²) in [5.74, 6) is 6.64. The number of aliphatic carboxylic acids is 1. The van der Waals surface area contributed by atoms with E-state index in [9.17, 15) is 14.3 Å². The van der Waals surface area contributed by atoms with Crippen LogP contribution in [0.4, 0.5) is 4.39 Å². The number of morpholine rings is 1. The van der Waals surface area contributed by atoms with Crippen LogP contribution < -0.4 is 5.32 Å². The predicted octanol–water partition coefficient (Wildman–Crippen LogP) is 3.42. The fraction of sp³-hybridized carbons (Fsp3) is 0.375. The minimum atomic E-state index is -0.861. The third-order valence-electron chi connectivity index (χ3n) is 5.34. The molecule has 0 spiro atoms. The Balaban J connectivity index is 0.000000291. The zero-order valence-electron chi connectivity index (χ0n) is 18.3. The van der Waals surface area contributed by atoms with Gasteiger partial charge in [-0.3, -0.25) is 14.7 Å². The molecule has 2 fully saturated rings. The van der Waals surface area contributed by atoms with Crippen LogP contribution in [0.2, 0.25) is 5.02 Å². The molecule has 7 nitrogen and oxygen atoms in total. The molecule has 1 atom stereocenters. The second-order valence-electron chi connectivity index (χ2n) is 7.97. The summed E-state index contributed by atoms with van der Waals surface area (Å²) in [7, 11) is 0. The summed E-state index contributed by atoms with van der Waals surface area (Å²) in [6.45, 7) is 2.31. The van der Waals surface area contributed by atoms with Crippen molar-refractivity contribution in [2.45, 2.75) is 18.9 Å². The van der Waals surface area contributed by atoms with Gasteiger partial charge in [0, 0.05) is 46.9 Å². The third kappa shape index (κ3) is 6.87. The second-order valence-corrected chi connectivity index (χ2v) is 9.30. The lowest BCUT2D eigenvalue weighted by Gasteiger charge is -2.34. The molecule has 10 heteroatoms. The number of benzene rings is 1. The van der Waals surface area contributed by atoms with Gasteiger partial charge >= 0.3 is 5.97 Å². The molecule has 2 aliphatic heterocycles. The zero-order valence-corrected chi connectivity index (χ0v) is 19.9. The summed E-state index contributed by atoms with van der Waals surface area (Å²) in [6.07, 6.45) is 4.08. The Morgan fingerprint density at radius 2 is 2.26 bits per heavy atom. The maximum atomic E-state index is 12.1. The Labute approximate surface area is 206 Å². The Morgan fingerprint density at radius 1 is 1.41 bits per heavy atom. The average Bonchev–Trinajstić information content (AvgIpc) is 3.49. The maximum absolute atomic E-state index is 12.1. The quantitative estimate of drug-likeness (QED) is 0.623. The Morgan fingerprint density at radius 3 is 2.91 bits per heavy atom. The fourth-order valence-corrected chi connectivity index (χ4v) is 4.13. The van der Waals surface area contributed by atoms with Crippen molar-refractivity contribution in [1.82, 2.24) is 15.2 Å². The van der Waals surface area contributed by atoms with E-state index >= 15 is 0 Å². The molecule has 1 saturated heterocycles. The molecule has 178 valence electrons. The first-order valence-corrected chi connectivity index (χ1v) is 12.2. The molecule has 2 N–H and O–H groups in total. The highest BCUT2D eigenvalue weighted by Gasteiger charge is 2.31. The largest absolute Gasteiger partial charge is 0.480 e. The molecule has 3 aliphatic rings. The molecule has 2 aromatic rings. The van der Waals surface area contributed by atoms with E-state index in [1.54, 1.807) is 18.3 Å². The number of hydrogen-bond acceptors (Lipinski definition) is 7. The number of thiazole rings is 1. The lowest BCUT2D eigenvalue weighted by molar-refractivity contribution is -0.149. The van der Waals surface area contributed by atoms with Crippen LogP contribution in [-0.2, 0) is 9.53 Å². The molecule has 0 unspecified atom stereocenters. The SMILES string of the molecule is Fc1cccc(Cl)c1.O=C(O)[C@@H]1COCCN1CC1=C(C#CC2CC2)CN=C(c2nccs2)N1. The molecular formula is C24H24ClFN4O3S. The fourth-order valence-electron chi connectivity index (χ4n) is 3.36. The van der Waals surface area contributed by atoms with Gasteiger partial charge in [0.25, 0.3) is 0 Å². The van der Waals surface area contributed by atoms with E-state index in [2.05, 4.69) is 27.1 Å². The molecule has 0 bridgehead atoms. The van der Waals surface area contributed by atoms with Crippen molar-refractivity contribution in [3.63, 3.8) is 0 Å². The first kappa shape index (κ1) is 24.4. The van der Waals surface area contributed by atoms with E-state index in [-0.39, 0.29) is 12.4 Å². The number of carbonyl (C=O) groups is 1. The van der Waals surface area contributed by atoms with Gasteiger partial charge in [0.2, 0.25) is 0 Å². The molecule has 34 heavy (non-hydrogen) atoms. The van der Waals surface area contributed by atoms with Crippen molar-refractivity contribution in [2.75, 3.05) is 32.8 Å². The van der Waals surface area contributed by atoms with E-state index < -0.39 is 12.0 Å². The van der Waals surface area contributed by atoms with Crippen LogP contribution in [0.25, 0.3) is 0 Å². The zero-order chi connectivity index (χ0) is 23.9. The Hall–Kier alpha value is -2.77. The van der Waals surface area contributed by atoms with Gasteiger partial charge in [0.05, 0.1) is 19.8 Å². The highest BCUT2D eigenvalue weighted by molar-refractivity contribution is 7.11. The van der Waals surface area contributed by atoms with E-state index in [1.807, 2.05) is 10.3 Å². The maximum Gasteiger partial charge on any atom is 0.323 e. The molecule has 5 rings (SSSR count). The summed E-state index contributed by atoms with van der Waals surface area (Å²) in [4.78, 5) is 22.4. The van der Waals surface area contributed by atoms with E-state index in [0.29, 0.717) is 37.2 Å². The van der Waals surface area contributed by atoms with Gasteiger partial charge in [0.15, 0.2) is 10.8 Å². The highest BCUT2D eigenvalue weighted by Crippen LogP contribution is 2.28. The number of nitrogens with one attached hydrogen (secondary N) is 1. The van der Waals surface area contributed by atoms with Gasteiger partial charge in [0.1, 0.15) is 11.9 Å².